The van der Waals surface area contributed by atoms with Crippen LogP contribution in [0.3, 0.4) is 0 Å². The van der Waals surface area contributed by atoms with E-state index in [0.29, 0.717) is 0 Å². The monoisotopic (exact) mass is 486 g/mol. The zero-order valence-corrected chi connectivity index (χ0v) is 23.4. The Hall–Kier alpha value is -1.63. The molecule has 34 heavy (non-hydrogen) atoms. The van der Waals surface area contributed by atoms with Gasteiger partial charge in [0.25, 0.3) is 0 Å². The summed E-state index contributed by atoms with van der Waals surface area (Å²) >= 11 is 0. The number of hydrogen-bond acceptors (Lipinski definition) is 4. The van der Waals surface area contributed by atoms with E-state index in [-0.39, 0.29) is 37.0 Å². The molecule has 0 bridgehead atoms. The highest BCUT2D eigenvalue weighted by atomic mass is 16.4. The van der Waals surface area contributed by atoms with Gasteiger partial charge in [-0.15, -0.1) is 0 Å². The Bertz CT molecular complexity index is 724. The van der Waals surface area contributed by atoms with Gasteiger partial charge in [0.2, 0.25) is 0 Å². The van der Waals surface area contributed by atoms with Crippen molar-refractivity contribution in [2.24, 2.45) is 45.3 Å². The smallest absolute Gasteiger partial charge is 0.337 e. The lowest BCUT2D eigenvalue weighted by Crippen LogP contribution is -2.67. The Labute approximate surface area is 206 Å². The third-order valence-corrected chi connectivity index (χ3v) is 9.20. The zero-order chi connectivity index (χ0) is 27.7. The van der Waals surface area contributed by atoms with E-state index in [4.69, 9.17) is 0 Å². The average molecular weight is 487 g/mol. The fourth-order valence-electron chi connectivity index (χ4n) is 4.47. The minimum atomic E-state index is -3.03. The van der Waals surface area contributed by atoms with Crippen LogP contribution < -0.4 is 0 Å². The van der Waals surface area contributed by atoms with Gasteiger partial charge in [0.05, 0.1) is 5.92 Å². The highest BCUT2D eigenvalue weighted by Crippen LogP contribution is 2.56. The second-order valence-corrected chi connectivity index (χ2v) is 13.3. The molecule has 0 radical (unpaired) electrons. The SMILES string of the molecule is CC(C)C(C)(C)CC(C(=O)O)C(O)(C(=O)O)C(CC(C)(C)C(C)C)(CC(C)(C)C(C)C)C(=O)O. The number of aliphatic hydroxyl groups is 1. The largest absolute Gasteiger partial charge is 0.481 e. The first kappa shape index (κ1) is 32.4. The van der Waals surface area contributed by atoms with Crippen molar-refractivity contribution >= 4 is 17.9 Å². The van der Waals surface area contributed by atoms with Gasteiger partial charge in [-0.25, -0.2) is 4.79 Å². The summed E-state index contributed by atoms with van der Waals surface area (Å²) in [6, 6.07) is 0. The molecule has 0 heterocycles. The molecule has 0 fully saturated rings. The second-order valence-electron chi connectivity index (χ2n) is 13.3. The van der Waals surface area contributed by atoms with Gasteiger partial charge in [0, 0.05) is 0 Å². The molecule has 0 saturated heterocycles. The highest BCUT2D eigenvalue weighted by Gasteiger charge is 2.69. The van der Waals surface area contributed by atoms with Crippen molar-refractivity contribution in [2.45, 2.75) is 108 Å². The molecule has 0 spiro atoms. The molecular weight excluding hydrogens is 436 g/mol. The van der Waals surface area contributed by atoms with Crippen LogP contribution in [0.25, 0.3) is 0 Å². The van der Waals surface area contributed by atoms with E-state index in [9.17, 15) is 34.8 Å². The molecule has 0 aliphatic rings. The zero-order valence-electron chi connectivity index (χ0n) is 23.4. The Kier molecular flexibility index (Phi) is 10.0. The molecule has 0 saturated carbocycles. The predicted octanol–water partition coefficient (Wildman–Crippen LogP) is 5.79. The molecule has 0 rings (SSSR count). The number of carboxylic acids is 3. The molecule has 7 nitrogen and oxygen atoms in total. The van der Waals surface area contributed by atoms with Crippen LogP contribution >= 0.6 is 0 Å². The lowest BCUT2D eigenvalue weighted by atomic mass is 9.51. The summed E-state index contributed by atoms with van der Waals surface area (Å²) in [6.45, 7) is 22.4. The maximum atomic E-state index is 13.2. The Morgan fingerprint density at radius 1 is 0.618 bits per heavy atom. The van der Waals surface area contributed by atoms with Crippen LogP contribution in [0.5, 0.6) is 0 Å². The molecule has 0 aromatic heterocycles. The quantitative estimate of drug-likeness (QED) is 0.244. The van der Waals surface area contributed by atoms with E-state index in [0.717, 1.165) is 0 Å². The molecule has 200 valence electrons. The summed E-state index contributed by atoms with van der Waals surface area (Å²) in [6.07, 6.45) is -0.544. The van der Waals surface area contributed by atoms with Crippen molar-refractivity contribution in [3.63, 3.8) is 0 Å². The van der Waals surface area contributed by atoms with Crippen molar-refractivity contribution < 1.29 is 34.8 Å². The second kappa shape index (κ2) is 10.5. The van der Waals surface area contributed by atoms with Gasteiger partial charge in [-0.3, -0.25) is 9.59 Å². The first-order valence-corrected chi connectivity index (χ1v) is 12.3. The molecule has 2 atom stereocenters. The van der Waals surface area contributed by atoms with E-state index >= 15 is 0 Å². The van der Waals surface area contributed by atoms with Crippen molar-refractivity contribution in [2.75, 3.05) is 0 Å². The van der Waals surface area contributed by atoms with E-state index in [1.54, 1.807) is 0 Å². The van der Waals surface area contributed by atoms with Gasteiger partial charge in [-0.2, -0.15) is 0 Å². The van der Waals surface area contributed by atoms with Gasteiger partial charge in [-0.05, 0) is 53.3 Å². The number of carbonyl (C=O) groups is 3. The van der Waals surface area contributed by atoms with Crippen molar-refractivity contribution in [1.29, 1.82) is 0 Å². The summed E-state index contributed by atoms with van der Waals surface area (Å²) < 4.78 is 0. The van der Waals surface area contributed by atoms with Crippen molar-refractivity contribution in [1.82, 2.24) is 0 Å². The van der Waals surface area contributed by atoms with E-state index < -0.39 is 51.1 Å². The van der Waals surface area contributed by atoms with Crippen LogP contribution in [-0.4, -0.2) is 43.9 Å². The number of carboxylic acid groups (broad SMARTS) is 3. The minimum Gasteiger partial charge on any atom is -0.481 e. The van der Waals surface area contributed by atoms with Gasteiger partial charge in [0.15, 0.2) is 5.60 Å². The van der Waals surface area contributed by atoms with Crippen molar-refractivity contribution in [3.8, 4) is 0 Å². The fraction of sp³-hybridized carbons (Fsp3) is 0.889. The van der Waals surface area contributed by atoms with Crippen LogP contribution in [0.15, 0.2) is 0 Å². The molecular formula is C27H50O7. The molecule has 7 heteroatoms. The predicted molar refractivity (Wildman–Crippen MR) is 133 cm³/mol. The molecule has 4 N–H and O–H groups in total. The maximum Gasteiger partial charge on any atom is 0.337 e. The van der Waals surface area contributed by atoms with Gasteiger partial charge < -0.3 is 20.4 Å². The molecule has 0 aliphatic heterocycles. The summed E-state index contributed by atoms with van der Waals surface area (Å²) in [4.78, 5) is 38.7. The Balaban J connectivity index is 7.53. The lowest BCUT2D eigenvalue weighted by Gasteiger charge is -2.52. The molecule has 0 aromatic rings. The highest BCUT2D eigenvalue weighted by molar-refractivity contribution is 5.93. The summed E-state index contributed by atoms with van der Waals surface area (Å²) in [7, 11) is 0. The van der Waals surface area contributed by atoms with Crippen LogP contribution in [0.2, 0.25) is 0 Å². The number of aliphatic carboxylic acids is 3. The van der Waals surface area contributed by atoms with Crippen LogP contribution in [-0.2, 0) is 14.4 Å². The third kappa shape index (κ3) is 6.32. The van der Waals surface area contributed by atoms with E-state index in [2.05, 4.69) is 0 Å². The lowest BCUT2D eigenvalue weighted by molar-refractivity contribution is -0.217. The summed E-state index contributed by atoms with van der Waals surface area (Å²) in [5.74, 6) is -6.71. The fourth-order valence-corrected chi connectivity index (χ4v) is 4.47. The van der Waals surface area contributed by atoms with E-state index in [1.807, 2.05) is 83.1 Å². The maximum absolute atomic E-state index is 13.2. The molecule has 0 aliphatic carbocycles. The van der Waals surface area contributed by atoms with Crippen molar-refractivity contribution in [3.05, 3.63) is 0 Å². The number of rotatable bonds is 14. The van der Waals surface area contributed by atoms with Crippen LogP contribution in [0.1, 0.15) is 102 Å². The molecule has 2 unspecified atom stereocenters. The summed E-state index contributed by atoms with van der Waals surface area (Å²) in [5.41, 5.74) is -7.31. The Morgan fingerprint density at radius 2 is 0.941 bits per heavy atom. The first-order valence-electron chi connectivity index (χ1n) is 12.3. The first-order chi connectivity index (χ1) is 14.9. The molecule has 0 amide bonds. The average Bonchev–Trinajstić information content (AvgIpc) is 2.63. The van der Waals surface area contributed by atoms with Gasteiger partial charge in [0.1, 0.15) is 5.41 Å². The topological polar surface area (TPSA) is 132 Å². The third-order valence-electron chi connectivity index (χ3n) is 9.20. The number of hydrogen-bond donors (Lipinski definition) is 4. The molecule has 0 aromatic carbocycles. The van der Waals surface area contributed by atoms with Crippen LogP contribution in [0, 0.1) is 45.3 Å². The standard InChI is InChI=1S/C27H50O7/c1-16(2)23(7,8)13-19(20(28)29)27(34,22(32)33)26(21(30)31,14-24(9,10)17(3)4)15-25(11,12)18(5)6/h16-19,34H,13-15H2,1-12H3,(H,28,29)(H,30,31)(H,32,33). The minimum absolute atomic E-state index is 0.0224. The summed E-state index contributed by atoms with van der Waals surface area (Å²) in [5, 5.41) is 43.5. The van der Waals surface area contributed by atoms with E-state index in [1.165, 1.54) is 0 Å². The normalized spacial score (nSPS) is 16.6. The van der Waals surface area contributed by atoms with Gasteiger partial charge in [-0.1, -0.05) is 83.1 Å². The van der Waals surface area contributed by atoms with Crippen LogP contribution in [0.4, 0.5) is 0 Å². The Morgan fingerprint density at radius 3 is 1.15 bits per heavy atom. The van der Waals surface area contributed by atoms with Gasteiger partial charge >= 0.3 is 17.9 Å².